The van der Waals surface area contributed by atoms with Gasteiger partial charge in [-0.3, -0.25) is 0 Å². The van der Waals surface area contributed by atoms with Crippen LogP contribution < -0.4 is 5.32 Å². The topological polar surface area (TPSA) is 12.0 Å². The van der Waals surface area contributed by atoms with Crippen LogP contribution in [0.4, 0.5) is 5.69 Å². The Kier molecular flexibility index (Phi) is 3.94. The predicted molar refractivity (Wildman–Crippen MR) is 87.7 cm³/mol. The third-order valence-corrected chi connectivity index (χ3v) is 4.88. The quantitative estimate of drug-likeness (QED) is 0.733. The Morgan fingerprint density at radius 1 is 0.947 bits per heavy atom. The standard InChI is InChI=1S/C16H15Br2N/c17-13-6-7-15(18)16(10-13)19-14-8-12(9-14)11-4-2-1-3-5-11/h1-7,10,12,14,19H,8-9H2. The van der Waals surface area contributed by atoms with Gasteiger partial charge in [-0.2, -0.15) is 0 Å². The van der Waals surface area contributed by atoms with Crippen molar-refractivity contribution >= 4 is 37.5 Å². The second-order valence-electron chi connectivity index (χ2n) is 5.04. The maximum absolute atomic E-state index is 3.61. The summed E-state index contributed by atoms with van der Waals surface area (Å²) in [6.45, 7) is 0. The summed E-state index contributed by atoms with van der Waals surface area (Å²) < 4.78 is 2.23. The van der Waals surface area contributed by atoms with E-state index in [0.29, 0.717) is 12.0 Å². The minimum atomic E-state index is 0.579. The molecule has 0 aliphatic heterocycles. The maximum Gasteiger partial charge on any atom is 0.0498 e. The highest BCUT2D eigenvalue weighted by Gasteiger charge is 2.30. The molecule has 0 aromatic heterocycles. The molecule has 1 saturated carbocycles. The molecule has 0 amide bonds. The van der Waals surface area contributed by atoms with Crippen LogP contribution in [0.5, 0.6) is 0 Å². The lowest BCUT2D eigenvalue weighted by atomic mass is 9.76. The van der Waals surface area contributed by atoms with Crippen molar-refractivity contribution in [2.24, 2.45) is 0 Å². The largest absolute Gasteiger partial charge is 0.381 e. The molecule has 19 heavy (non-hydrogen) atoms. The monoisotopic (exact) mass is 379 g/mol. The number of halogens is 2. The van der Waals surface area contributed by atoms with E-state index in [1.54, 1.807) is 0 Å². The highest BCUT2D eigenvalue weighted by Crippen LogP contribution is 2.39. The van der Waals surface area contributed by atoms with Gasteiger partial charge in [0.2, 0.25) is 0 Å². The van der Waals surface area contributed by atoms with Crippen molar-refractivity contribution in [2.45, 2.75) is 24.8 Å². The van der Waals surface area contributed by atoms with Crippen LogP contribution >= 0.6 is 31.9 Å². The van der Waals surface area contributed by atoms with Gasteiger partial charge < -0.3 is 5.32 Å². The summed E-state index contributed by atoms with van der Waals surface area (Å²) >= 11 is 7.10. The van der Waals surface area contributed by atoms with E-state index in [1.807, 2.05) is 6.07 Å². The summed E-state index contributed by atoms with van der Waals surface area (Å²) in [6.07, 6.45) is 2.42. The Hall–Kier alpha value is -0.800. The molecule has 1 aliphatic rings. The van der Waals surface area contributed by atoms with Gasteiger partial charge in [0.25, 0.3) is 0 Å². The Morgan fingerprint density at radius 3 is 2.42 bits per heavy atom. The third kappa shape index (κ3) is 3.03. The van der Waals surface area contributed by atoms with Gasteiger partial charge in [-0.05, 0) is 58.5 Å². The van der Waals surface area contributed by atoms with Crippen molar-refractivity contribution in [1.82, 2.24) is 0 Å². The lowest BCUT2D eigenvalue weighted by Gasteiger charge is -2.37. The molecule has 0 radical (unpaired) electrons. The zero-order valence-electron chi connectivity index (χ0n) is 10.4. The number of nitrogens with one attached hydrogen (secondary N) is 1. The molecule has 1 fully saturated rings. The zero-order valence-corrected chi connectivity index (χ0v) is 13.6. The van der Waals surface area contributed by atoms with Crippen LogP contribution in [0.3, 0.4) is 0 Å². The lowest BCUT2D eigenvalue weighted by Crippen LogP contribution is -2.34. The van der Waals surface area contributed by atoms with Gasteiger partial charge in [-0.1, -0.05) is 46.3 Å². The van der Waals surface area contributed by atoms with E-state index in [-0.39, 0.29) is 0 Å². The fourth-order valence-corrected chi connectivity index (χ4v) is 3.28. The normalized spacial score (nSPS) is 21.8. The number of anilines is 1. The van der Waals surface area contributed by atoms with Crippen molar-refractivity contribution in [3.05, 3.63) is 63.0 Å². The summed E-state index contributed by atoms with van der Waals surface area (Å²) in [5.74, 6) is 0.713. The molecular formula is C16H15Br2N. The van der Waals surface area contributed by atoms with E-state index >= 15 is 0 Å². The lowest BCUT2D eigenvalue weighted by molar-refractivity contribution is 0.374. The minimum Gasteiger partial charge on any atom is -0.381 e. The van der Waals surface area contributed by atoms with Crippen LogP contribution in [-0.2, 0) is 0 Å². The molecule has 0 heterocycles. The Balaban J connectivity index is 1.61. The molecule has 0 unspecified atom stereocenters. The van der Waals surface area contributed by atoms with E-state index in [1.165, 1.54) is 24.1 Å². The third-order valence-electron chi connectivity index (χ3n) is 3.70. The van der Waals surface area contributed by atoms with Gasteiger partial charge >= 0.3 is 0 Å². The van der Waals surface area contributed by atoms with Gasteiger partial charge in [0, 0.05) is 20.7 Å². The van der Waals surface area contributed by atoms with Gasteiger partial charge in [0.05, 0.1) is 0 Å². The highest BCUT2D eigenvalue weighted by atomic mass is 79.9. The summed E-state index contributed by atoms with van der Waals surface area (Å²) in [7, 11) is 0. The fourth-order valence-electron chi connectivity index (χ4n) is 2.56. The van der Waals surface area contributed by atoms with Crippen molar-refractivity contribution in [1.29, 1.82) is 0 Å². The average Bonchev–Trinajstić information content (AvgIpc) is 2.38. The van der Waals surface area contributed by atoms with Crippen molar-refractivity contribution in [3.63, 3.8) is 0 Å². The molecule has 0 atom stereocenters. The van der Waals surface area contributed by atoms with Crippen molar-refractivity contribution in [3.8, 4) is 0 Å². The fraction of sp³-hybridized carbons (Fsp3) is 0.250. The van der Waals surface area contributed by atoms with Gasteiger partial charge in [0.1, 0.15) is 0 Å². The summed E-state index contributed by atoms with van der Waals surface area (Å²) in [5, 5.41) is 3.61. The SMILES string of the molecule is Brc1ccc(Br)c(NC2CC(c3ccccc3)C2)c1. The summed E-state index contributed by atoms with van der Waals surface area (Å²) in [4.78, 5) is 0. The summed E-state index contributed by atoms with van der Waals surface area (Å²) in [6, 6.07) is 17.6. The van der Waals surface area contributed by atoms with Gasteiger partial charge in [-0.15, -0.1) is 0 Å². The second kappa shape index (κ2) is 5.68. The number of hydrogen-bond donors (Lipinski definition) is 1. The zero-order chi connectivity index (χ0) is 13.2. The molecule has 2 aromatic carbocycles. The first-order valence-corrected chi connectivity index (χ1v) is 8.07. The average molecular weight is 381 g/mol. The Morgan fingerprint density at radius 2 is 1.68 bits per heavy atom. The van der Waals surface area contributed by atoms with Crippen LogP contribution in [0.2, 0.25) is 0 Å². The molecule has 1 N–H and O–H groups in total. The van der Waals surface area contributed by atoms with Crippen LogP contribution in [-0.4, -0.2) is 6.04 Å². The van der Waals surface area contributed by atoms with Crippen LogP contribution in [0.1, 0.15) is 24.3 Å². The molecule has 2 aromatic rings. The molecule has 0 bridgehead atoms. The molecule has 1 aliphatic carbocycles. The van der Waals surface area contributed by atoms with Crippen molar-refractivity contribution in [2.75, 3.05) is 5.32 Å². The van der Waals surface area contributed by atoms with E-state index in [2.05, 4.69) is 79.6 Å². The second-order valence-corrected chi connectivity index (χ2v) is 6.81. The van der Waals surface area contributed by atoms with Crippen LogP contribution in [0.25, 0.3) is 0 Å². The predicted octanol–water partition coefficient (Wildman–Crippen LogP) is 5.57. The molecule has 0 saturated heterocycles. The molecular weight excluding hydrogens is 366 g/mol. The molecule has 0 spiro atoms. The first-order valence-electron chi connectivity index (χ1n) is 6.49. The van der Waals surface area contributed by atoms with E-state index in [4.69, 9.17) is 0 Å². The molecule has 3 rings (SSSR count). The highest BCUT2D eigenvalue weighted by molar-refractivity contribution is 9.11. The van der Waals surface area contributed by atoms with Crippen LogP contribution in [0.15, 0.2) is 57.5 Å². The first kappa shape index (κ1) is 13.2. The maximum atomic E-state index is 3.61. The number of rotatable bonds is 3. The first-order chi connectivity index (χ1) is 9.22. The van der Waals surface area contributed by atoms with E-state index < -0.39 is 0 Å². The number of benzene rings is 2. The van der Waals surface area contributed by atoms with Gasteiger partial charge in [0.15, 0.2) is 0 Å². The van der Waals surface area contributed by atoms with E-state index in [0.717, 1.165) is 8.95 Å². The molecule has 98 valence electrons. The van der Waals surface area contributed by atoms with Gasteiger partial charge in [-0.25, -0.2) is 0 Å². The smallest absolute Gasteiger partial charge is 0.0498 e. The Labute approximate surface area is 130 Å². The minimum absolute atomic E-state index is 0.579. The van der Waals surface area contributed by atoms with E-state index in [9.17, 15) is 0 Å². The Bertz CT molecular complexity index is 562. The summed E-state index contributed by atoms with van der Waals surface area (Å²) in [5.41, 5.74) is 2.64. The molecule has 3 heteroatoms. The van der Waals surface area contributed by atoms with Crippen LogP contribution in [0, 0.1) is 0 Å². The number of hydrogen-bond acceptors (Lipinski definition) is 1. The van der Waals surface area contributed by atoms with Crippen molar-refractivity contribution < 1.29 is 0 Å². The molecule has 1 nitrogen and oxygen atoms in total.